The van der Waals surface area contributed by atoms with Crippen LogP contribution in [0.2, 0.25) is 5.02 Å². The summed E-state index contributed by atoms with van der Waals surface area (Å²) in [6.07, 6.45) is 2.95. The number of carbonyl (C=O) groups is 2. The second kappa shape index (κ2) is 12.9. The van der Waals surface area contributed by atoms with E-state index in [4.69, 9.17) is 11.6 Å². The highest BCUT2D eigenvalue weighted by atomic mass is 35.5. The summed E-state index contributed by atoms with van der Waals surface area (Å²) >= 11 is 6.41. The molecule has 0 saturated heterocycles. The van der Waals surface area contributed by atoms with Gasteiger partial charge in [-0.15, -0.1) is 0 Å². The molecule has 8 nitrogen and oxygen atoms in total. The summed E-state index contributed by atoms with van der Waals surface area (Å²) in [4.78, 5) is 27.8. The van der Waals surface area contributed by atoms with E-state index in [-0.39, 0.29) is 11.9 Å². The Bertz CT molecular complexity index is 1680. The molecule has 2 aromatic heterocycles. The number of aromatic nitrogens is 3. The molecule has 2 N–H and O–H groups in total. The fourth-order valence-electron chi connectivity index (χ4n) is 5.22. The maximum absolute atomic E-state index is 14.1. The van der Waals surface area contributed by atoms with E-state index >= 15 is 0 Å². The Balaban J connectivity index is 1.51. The van der Waals surface area contributed by atoms with Crippen LogP contribution in [0.1, 0.15) is 53.1 Å². The van der Waals surface area contributed by atoms with Gasteiger partial charge in [0.2, 0.25) is 5.91 Å². The Morgan fingerprint density at radius 1 is 0.884 bits per heavy atom. The molecule has 0 saturated carbocycles. The zero-order valence-electron chi connectivity index (χ0n) is 24.1. The van der Waals surface area contributed by atoms with Crippen LogP contribution >= 0.6 is 11.6 Å². The summed E-state index contributed by atoms with van der Waals surface area (Å²) < 4.78 is 2.40. The lowest BCUT2D eigenvalue weighted by atomic mass is 9.84. The van der Waals surface area contributed by atoms with Crippen LogP contribution in [0.3, 0.4) is 0 Å². The standard InChI is InChI=1S/C34H32ClN5O3/c1-22(2)40-29(18-20-36-40)33(41)38-32(31(24-10-6-4-7-11-24)25-12-8-5-9-13-25)34(42)37-27-16-14-26(15-17-27)30-23(3)39(43)21-19-28(30)35/h4-22,31-32H,1-3H3,(H,37,42)(H,38,41)/t32-/m0/s1. The lowest BCUT2D eigenvalue weighted by Gasteiger charge is -2.28. The predicted molar refractivity (Wildman–Crippen MR) is 168 cm³/mol. The molecule has 5 aromatic rings. The van der Waals surface area contributed by atoms with Crippen molar-refractivity contribution in [1.82, 2.24) is 15.1 Å². The summed E-state index contributed by atoms with van der Waals surface area (Å²) in [6, 6.07) is 28.6. The fraction of sp³-hybridized carbons (Fsp3) is 0.176. The van der Waals surface area contributed by atoms with Gasteiger partial charge in [0.05, 0.1) is 10.6 Å². The van der Waals surface area contributed by atoms with Crippen molar-refractivity contribution in [1.29, 1.82) is 0 Å². The van der Waals surface area contributed by atoms with Gasteiger partial charge in [-0.25, -0.2) is 0 Å². The van der Waals surface area contributed by atoms with Gasteiger partial charge in [-0.05, 0) is 48.7 Å². The molecule has 0 aliphatic carbocycles. The average molecular weight is 594 g/mol. The summed E-state index contributed by atoms with van der Waals surface area (Å²) in [5.41, 5.74) is 4.48. The van der Waals surface area contributed by atoms with Crippen molar-refractivity contribution in [3.8, 4) is 11.1 Å². The van der Waals surface area contributed by atoms with E-state index in [2.05, 4.69) is 15.7 Å². The van der Waals surface area contributed by atoms with Crippen LogP contribution < -0.4 is 15.4 Å². The minimum atomic E-state index is -0.974. The molecule has 1 atom stereocenters. The molecule has 3 aromatic carbocycles. The van der Waals surface area contributed by atoms with Crippen molar-refractivity contribution >= 4 is 29.1 Å². The van der Waals surface area contributed by atoms with E-state index < -0.39 is 17.9 Å². The molecule has 9 heteroatoms. The maximum atomic E-state index is 14.1. The van der Waals surface area contributed by atoms with Gasteiger partial charge in [0.25, 0.3) is 5.91 Å². The molecule has 218 valence electrons. The smallest absolute Gasteiger partial charge is 0.270 e. The number of pyridine rings is 1. The zero-order valence-corrected chi connectivity index (χ0v) is 24.8. The quantitative estimate of drug-likeness (QED) is 0.155. The van der Waals surface area contributed by atoms with Crippen molar-refractivity contribution in [3.63, 3.8) is 0 Å². The predicted octanol–water partition coefficient (Wildman–Crippen LogP) is 6.30. The zero-order chi connectivity index (χ0) is 30.5. The Kier molecular flexibility index (Phi) is 8.87. The average Bonchev–Trinajstić information content (AvgIpc) is 3.52. The first-order chi connectivity index (χ1) is 20.7. The van der Waals surface area contributed by atoms with Gasteiger partial charge >= 0.3 is 0 Å². The van der Waals surface area contributed by atoms with E-state index in [1.54, 1.807) is 54.2 Å². The minimum absolute atomic E-state index is 0.0431. The Morgan fingerprint density at radius 3 is 2.07 bits per heavy atom. The monoisotopic (exact) mass is 593 g/mol. The summed E-state index contributed by atoms with van der Waals surface area (Å²) in [5, 5.41) is 22.9. The van der Waals surface area contributed by atoms with Gasteiger partial charge < -0.3 is 15.8 Å². The van der Waals surface area contributed by atoms with Gasteiger partial charge in [-0.2, -0.15) is 9.83 Å². The first-order valence-electron chi connectivity index (χ1n) is 14.0. The normalized spacial score (nSPS) is 11.9. The van der Waals surface area contributed by atoms with Crippen LogP contribution in [0.25, 0.3) is 11.1 Å². The molecular formula is C34H32ClN5O3. The lowest BCUT2D eigenvalue weighted by Crippen LogP contribution is -2.48. The molecule has 43 heavy (non-hydrogen) atoms. The Morgan fingerprint density at radius 2 is 1.49 bits per heavy atom. The molecule has 0 radical (unpaired) electrons. The number of nitrogens with one attached hydrogen (secondary N) is 2. The molecule has 2 heterocycles. The van der Waals surface area contributed by atoms with E-state index in [1.165, 1.54) is 6.20 Å². The second-order valence-electron chi connectivity index (χ2n) is 10.5. The van der Waals surface area contributed by atoms with Gasteiger partial charge in [-0.1, -0.05) is 84.4 Å². The molecule has 0 spiro atoms. The van der Waals surface area contributed by atoms with E-state index in [0.29, 0.717) is 27.7 Å². The highest BCUT2D eigenvalue weighted by molar-refractivity contribution is 6.33. The number of benzene rings is 3. The number of carbonyl (C=O) groups excluding carboxylic acids is 2. The topological polar surface area (TPSA) is 103 Å². The number of anilines is 1. The molecule has 0 aliphatic heterocycles. The van der Waals surface area contributed by atoms with Crippen molar-refractivity contribution in [2.75, 3.05) is 5.32 Å². The van der Waals surface area contributed by atoms with Crippen molar-refractivity contribution in [2.45, 2.75) is 38.8 Å². The number of rotatable bonds is 9. The molecular weight excluding hydrogens is 562 g/mol. The number of hydrogen-bond acceptors (Lipinski definition) is 4. The van der Waals surface area contributed by atoms with Gasteiger partial charge in [0, 0.05) is 36.8 Å². The SMILES string of the molecule is Cc1c(-c2ccc(NC(=O)[C@@H](NC(=O)c3ccnn3C(C)C)C(c3ccccc3)c3ccccc3)cc2)c(Cl)cc[n+]1[O-]. The van der Waals surface area contributed by atoms with Gasteiger partial charge in [0.1, 0.15) is 11.7 Å². The Hall–Kier alpha value is -4.95. The second-order valence-corrected chi connectivity index (χ2v) is 10.9. The summed E-state index contributed by atoms with van der Waals surface area (Å²) in [7, 11) is 0. The van der Waals surface area contributed by atoms with Crippen LogP contribution in [-0.2, 0) is 4.79 Å². The van der Waals surface area contributed by atoms with Gasteiger partial charge in [-0.3, -0.25) is 14.3 Å². The van der Waals surface area contributed by atoms with E-state index in [1.807, 2.05) is 74.5 Å². The third-order valence-electron chi connectivity index (χ3n) is 7.34. The highest BCUT2D eigenvalue weighted by Gasteiger charge is 2.33. The van der Waals surface area contributed by atoms with Crippen molar-refractivity contribution in [3.05, 3.63) is 142 Å². The van der Waals surface area contributed by atoms with Crippen LogP contribution in [0.5, 0.6) is 0 Å². The first-order valence-corrected chi connectivity index (χ1v) is 14.4. The summed E-state index contributed by atoms with van der Waals surface area (Å²) in [5.74, 6) is -1.28. The molecule has 0 unspecified atom stereocenters. The first kappa shape index (κ1) is 29.5. The van der Waals surface area contributed by atoms with Crippen molar-refractivity contribution < 1.29 is 14.3 Å². The maximum Gasteiger partial charge on any atom is 0.270 e. The Labute approximate surface area is 255 Å². The summed E-state index contributed by atoms with van der Waals surface area (Å²) in [6.45, 7) is 5.58. The number of amides is 2. The third kappa shape index (κ3) is 6.44. The largest absolute Gasteiger partial charge is 0.618 e. The van der Waals surface area contributed by atoms with Crippen molar-refractivity contribution in [2.24, 2.45) is 0 Å². The number of hydrogen-bond donors (Lipinski definition) is 2. The van der Waals surface area contributed by atoms with Gasteiger partial charge in [0.15, 0.2) is 11.9 Å². The van der Waals surface area contributed by atoms with Crippen LogP contribution in [0.15, 0.2) is 109 Å². The minimum Gasteiger partial charge on any atom is -0.618 e. The van der Waals surface area contributed by atoms with Crippen LogP contribution in [0.4, 0.5) is 5.69 Å². The van der Waals surface area contributed by atoms with E-state index in [0.717, 1.165) is 21.4 Å². The number of nitrogens with zero attached hydrogens (tertiary/aromatic N) is 3. The number of halogens is 1. The molecule has 0 bridgehead atoms. The third-order valence-corrected chi connectivity index (χ3v) is 7.66. The lowest BCUT2D eigenvalue weighted by molar-refractivity contribution is -0.611. The molecule has 0 fully saturated rings. The molecule has 2 amide bonds. The molecule has 0 aliphatic rings. The van der Waals surface area contributed by atoms with E-state index in [9.17, 15) is 14.8 Å². The fourth-order valence-corrected chi connectivity index (χ4v) is 5.52. The van der Waals surface area contributed by atoms with Crippen LogP contribution in [-0.4, -0.2) is 27.6 Å². The highest BCUT2D eigenvalue weighted by Crippen LogP contribution is 2.32. The molecule has 5 rings (SSSR count). The van der Waals surface area contributed by atoms with Crippen LogP contribution in [0, 0.1) is 12.1 Å².